The summed E-state index contributed by atoms with van der Waals surface area (Å²) < 4.78 is 7.87. The number of aromatic nitrogens is 3. The summed E-state index contributed by atoms with van der Waals surface area (Å²) in [5, 5.41) is 19.1. The second-order valence-electron chi connectivity index (χ2n) is 9.25. The van der Waals surface area contributed by atoms with Crippen LogP contribution in [0.5, 0.6) is 5.75 Å². The number of ether oxygens (including phenoxy) is 1. The molecule has 10 heteroatoms. The largest absolute Gasteiger partial charge is 0.494 e. The van der Waals surface area contributed by atoms with E-state index >= 15 is 0 Å². The van der Waals surface area contributed by atoms with Crippen LogP contribution in [0.4, 0.5) is 11.4 Å². The highest BCUT2D eigenvalue weighted by Crippen LogP contribution is 2.64. The number of anilines is 1. The minimum atomic E-state index is -0.547. The molecule has 4 aliphatic rings. The van der Waals surface area contributed by atoms with Crippen LogP contribution in [0.25, 0.3) is 0 Å². The molecule has 9 nitrogen and oxygen atoms in total. The first-order valence-electron chi connectivity index (χ1n) is 10.6. The lowest BCUT2D eigenvalue weighted by atomic mass is 9.46. The summed E-state index contributed by atoms with van der Waals surface area (Å²) in [4.78, 5) is 29.0. The number of benzene rings is 1. The third kappa shape index (κ3) is 3.40. The molecule has 2 aromatic rings. The van der Waals surface area contributed by atoms with E-state index in [4.69, 9.17) is 4.74 Å². The third-order valence-electron chi connectivity index (χ3n) is 7.19. The van der Waals surface area contributed by atoms with E-state index in [2.05, 4.69) is 31.3 Å². The molecule has 0 aliphatic heterocycles. The second-order valence-corrected chi connectivity index (χ2v) is 9.96. The van der Waals surface area contributed by atoms with Crippen molar-refractivity contribution >= 4 is 33.2 Å². The highest BCUT2D eigenvalue weighted by Gasteiger charge is 2.61. The molecule has 1 aromatic carbocycles. The zero-order valence-corrected chi connectivity index (χ0v) is 18.8. The first-order chi connectivity index (χ1) is 14.8. The second kappa shape index (κ2) is 7.29. The van der Waals surface area contributed by atoms with Gasteiger partial charge in [-0.2, -0.15) is 0 Å². The van der Waals surface area contributed by atoms with E-state index in [0.29, 0.717) is 35.3 Å². The lowest BCUT2D eigenvalue weighted by Crippen LogP contribution is -2.60. The first kappa shape index (κ1) is 20.4. The maximum absolute atomic E-state index is 13.6. The summed E-state index contributed by atoms with van der Waals surface area (Å²) in [6.45, 7) is 2.23. The van der Waals surface area contributed by atoms with Crippen molar-refractivity contribution in [1.82, 2.24) is 14.8 Å². The highest BCUT2D eigenvalue weighted by atomic mass is 79.9. The Morgan fingerprint density at radius 2 is 2.10 bits per heavy atom. The first-order valence-corrected chi connectivity index (χ1v) is 11.4. The monoisotopic (exact) mass is 489 g/mol. The van der Waals surface area contributed by atoms with Crippen LogP contribution >= 0.6 is 15.9 Å². The van der Waals surface area contributed by atoms with Gasteiger partial charge in [0.05, 0.1) is 28.6 Å². The van der Waals surface area contributed by atoms with Gasteiger partial charge in [-0.25, -0.2) is 9.67 Å². The molecule has 4 saturated carbocycles. The number of nitrogens with one attached hydrogen (secondary N) is 1. The predicted molar refractivity (Wildman–Crippen MR) is 116 cm³/mol. The SMILES string of the molecule is CCOc1ccc(NC(=O)C23C[C@@H]4C[C@@H](C2)CC(n2cnc(Br)n2)(C4)C3)c([N+](=O)[O-])c1. The molecule has 0 spiro atoms. The topological polar surface area (TPSA) is 112 Å². The van der Waals surface area contributed by atoms with Crippen LogP contribution in [0.2, 0.25) is 0 Å². The van der Waals surface area contributed by atoms with E-state index in [9.17, 15) is 14.9 Å². The Morgan fingerprint density at radius 3 is 2.71 bits per heavy atom. The van der Waals surface area contributed by atoms with Crippen molar-refractivity contribution in [3.05, 3.63) is 39.4 Å². The lowest BCUT2D eigenvalue weighted by Gasteiger charge is -2.60. The van der Waals surface area contributed by atoms with Crippen molar-refractivity contribution in [1.29, 1.82) is 0 Å². The molecule has 0 radical (unpaired) electrons. The van der Waals surface area contributed by atoms with Gasteiger partial charge in [-0.1, -0.05) is 0 Å². The van der Waals surface area contributed by atoms with Crippen molar-refractivity contribution in [3.63, 3.8) is 0 Å². The number of carbonyl (C=O) groups is 1. The number of hydrogen-bond acceptors (Lipinski definition) is 6. The molecule has 2 atom stereocenters. The Labute approximate surface area is 187 Å². The summed E-state index contributed by atoms with van der Waals surface area (Å²) in [6, 6.07) is 4.58. The number of halogens is 1. The number of nitrogens with zero attached hydrogens (tertiary/aromatic N) is 4. The summed E-state index contributed by atoms with van der Waals surface area (Å²) >= 11 is 3.34. The Balaban J connectivity index is 1.45. The van der Waals surface area contributed by atoms with E-state index in [1.165, 1.54) is 6.07 Å². The van der Waals surface area contributed by atoms with Gasteiger partial charge in [0.2, 0.25) is 10.6 Å². The molecule has 0 unspecified atom stereocenters. The quantitative estimate of drug-likeness (QED) is 0.478. The van der Waals surface area contributed by atoms with Gasteiger partial charge in [0.25, 0.3) is 5.69 Å². The summed E-state index contributed by atoms with van der Waals surface area (Å²) in [5.41, 5.74) is -0.703. The van der Waals surface area contributed by atoms with Crippen LogP contribution in [0.15, 0.2) is 29.3 Å². The Bertz CT molecular complexity index is 1040. The molecule has 0 saturated heterocycles. The average Bonchev–Trinajstić information content (AvgIpc) is 3.15. The molecule has 1 heterocycles. The Morgan fingerprint density at radius 1 is 1.35 bits per heavy atom. The smallest absolute Gasteiger partial charge is 0.296 e. The Kier molecular flexibility index (Phi) is 4.80. The van der Waals surface area contributed by atoms with Crippen LogP contribution in [0.3, 0.4) is 0 Å². The van der Waals surface area contributed by atoms with E-state index in [1.54, 1.807) is 18.5 Å². The number of amides is 1. The molecule has 4 bridgehead atoms. The van der Waals surface area contributed by atoms with Crippen molar-refractivity contribution in [3.8, 4) is 5.75 Å². The van der Waals surface area contributed by atoms with E-state index < -0.39 is 10.3 Å². The number of nitro groups is 1. The highest BCUT2D eigenvalue weighted by molar-refractivity contribution is 9.10. The van der Waals surface area contributed by atoms with Crippen LogP contribution in [-0.4, -0.2) is 32.2 Å². The fraction of sp³-hybridized carbons (Fsp3) is 0.571. The molecule has 4 aliphatic carbocycles. The average molecular weight is 490 g/mol. The maximum Gasteiger partial charge on any atom is 0.296 e. The van der Waals surface area contributed by atoms with E-state index in [0.717, 1.165) is 32.1 Å². The molecular formula is C21H24BrN5O4. The van der Waals surface area contributed by atoms with Gasteiger partial charge in [-0.05, 0) is 85.3 Å². The molecule has 31 heavy (non-hydrogen) atoms. The fourth-order valence-electron chi connectivity index (χ4n) is 6.50. The third-order valence-corrected chi connectivity index (χ3v) is 7.55. The van der Waals surface area contributed by atoms with Gasteiger partial charge in [0.1, 0.15) is 17.8 Å². The van der Waals surface area contributed by atoms with Crippen molar-refractivity contribution in [2.45, 2.75) is 51.0 Å². The van der Waals surface area contributed by atoms with E-state index in [-0.39, 0.29) is 22.8 Å². The standard InChI is InChI=1S/C21H24BrN5O4/c1-2-31-15-3-4-16(17(6-15)27(29)30)24-18(28)20-7-13-5-14(8-20)10-21(9-13,11-20)26-12-23-19(22)25-26/h3-4,6,12-14H,2,5,7-11H2,1H3,(H,24,28)/t13-,14-,20?,21?/m0/s1. The molecule has 1 aromatic heterocycles. The van der Waals surface area contributed by atoms with Crippen LogP contribution in [-0.2, 0) is 10.3 Å². The fourth-order valence-corrected chi connectivity index (χ4v) is 6.76. The van der Waals surface area contributed by atoms with Gasteiger partial charge < -0.3 is 10.1 Å². The van der Waals surface area contributed by atoms with Crippen molar-refractivity contribution < 1.29 is 14.5 Å². The normalized spacial score (nSPS) is 30.9. The number of hydrogen-bond donors (Lipinski definition) is 1. The van der Waals surface area contributed by atoms with Crippen LogP contribution in [0.1, 0.15) is 45.4 Å². The van der Waals surface area contributed by atoms with Gasteiger partial charge >= 0.3 is 0 Å². The lowest BCUT2D eigenvalue weighted by molar-refractivity contribution is -0.384. The number of rotatable bonds is 6. The zero-order chi connectivity index (χ0) is 21.8. The van der Waals surface area contributed by atoms with Gasteiger partial charge in [-0.15, -0.1) is 5.10 Å². The zero-order valence-electron chi connectivity index (χ0n) is 17.2. The molecule has 6 rings (SSSR count). The molecule has 164 valence electrons. The van der Waals surface area contributed by atoms with Crippen LogP contribution in [0, 0.1) is 27.4 Å². The van der Waals surface area contributed by atoms with Crippen LogP contribution < -0.4 is 10.1 Å². The van der Waals surface area contributed by atoms with Crippen molar-refractivity contribution in [2.24, 2.45) is 17.3 Å². The predicted octanol–water partition coefficient (Wildman–Crippen LogP) is 4.28. The van der Waals surface area contributed by atoms with Gasteiger partial charge in [0, 0.05) is 0 Å². The molecule has 1 N–H and O–H groups in total. The minimum Gasteiger partial charge on any atom is -0.494 e. The molecule has 4 fully saturated rings. The molecular weight excluding hydrogens is 466 g/mol. The number of carbonyl (C=O) groups excluding carboxylic acids is 1. The Hall–Kier alpha value is -2.49. The van der Waals surface area contributed by atoms with Crippen molar-refractivity contribution in [2.75, 3.05) is 11.9 Å². The maximum atomic E-state index is 13.6. The number of nitro benzene ring substituents is 1. The van der Waals surface area contributed by atoms with Gasteiger partial charge in [-0.3, -0.25) is 14.9 Å². The summed E-state index contributed by atoms with van der Waals surface area (Å²) in [5.74, 6) is 1.19. The van der Waals surface area contributed by atoms with E-state index in [1.807, 2.05) is 11.6 Å². The molecule has 1 amide bonds. The minimum absolute atomic E-state index is 0.127. The summed E-state index contributed by atoms with van der Waals surface area (Å²) in [7, 11) is 0. The summed E-state index contributed by atoms with van der Waals surface area (Å²) in [6.07, 6.45) is 7.19. The van der Waals surface area contributed by atoms with Gasteiger partial charge in [0.15, 0.2) is 0 Å².